The van der Waals surface area contributed by atoms with Crippen LogP contribution in [0, 0.1) is 7.27 Å². The van der Waals surface area contributed by atoms with Crippen molar-refractivity contribution in [2.75, 3.05) is 0 Å². The summed E-state index contributed by atoms with van der Waals surface area (Å²) in [6, 6.07) is 1.73. The number of hydrogen-bond acceptors (Lipinski definition) is 1. The molecule has 1 rings (SSSR count). The fourth-order valence-corrected chi connectivity index (χ4v) is 3.05. The van der Waals surface area contributed by atoms with Crippen LogP contribution in [0.2, 0.25) is 0 Å². The molecule has 0 amide bonds. The van der Waals surface area contributed by atoms with Crippen LogP contribution < -0.4 is 0 Å². The van der Waals surface area contributed by atoms with E-state index < -0.39 is 6.43 Å². The minimum absolute atomic E-state index is 0.130. The Balaban J connectivity index is 3.20. The molecule has 1 aromatic rings. The van der Waals surface area contributed by atoms with Gasteiger partial charge in [0.2, 0.25) is 0 Å². The van der Waals surface area contributed by atoms with E-state index >= 15 is 0 Å². The van der Waals surface area contributed by atoms with Crippen molar-refractivity contribution in [3.8, 4) is 0 Å². The first-order valence-corrected chi connectivity index (χ1v) is 6.53. The maximum atomic E-state index is 12.4. The van der Waals surface area contributed by atoms with Crippen LogP contribution in [0.15, 0.2) is 6.07 Å². The number of alkyl halides is 3. The molecule has 1 nitrogen and oxygen atoms in total. The lowest BCUT2D eigenvalue weighted by Gasteiger charge is -2.06. The first-order valence-electron chi connectivity index (χ1n) is 3.25. The van der Waals surface area contributed by atoms with Crippen LogP contribution in [0.3, 0.4) is 0 Å². The Hall–Kier alpha value is 0.950. The summed E-state index contributed by atoms with van der Waals surface area (Å²) in [6.45, 7) is 0. The van der Waals surface area contributed by atoms with Crippen LogP contribution in [0.5, 0.6) is 0 Å². The van der Waals surface area contributed by atoms with Gasteiger partial charge in [0.25, 0.3) is 6.43 Å². The molecular formula is C7H4BrF2I2N. The van der Waals surface area contributed by atoms with Gasteiger partial charge in [-0.15, -0.1) is 0 Å². The van der Waals surface area contributed by atoms with E-state index in [1.165, 1.54) is 0 Å². The van der Waals surface area contributed by atoms with Gasteiger partial charge in [0.05, 0.1) is 0 Å². The molecule has 1 heterocycles. The molecule has 0 aromatic carbocycles. The minimum Gasteiger partial charge on any atom is -0.239 e. The lowest BCUT2D eigenvalue weighted by Crippen LogP contribution is -2.00. The predicted octanol–water partition coefficient (Wildman–Crippen LogP) is 4.12. The molecule has 0 bridgehead atoms. The summed E-state index contributed by atoms with van der Waals surface area (Å²) >= 11 is 7.10. The first kappa shape index (κ1) is 12.0. The molecule has 0 spiro atoms. The van der Waals surface area contributed by atoms with Crippen molar-refractivity contribution in [1.82, 2.24) is 4.98 Å². The molecule has 0 atom stereocenters. The molecule has 13 heavy (non-hydrogen) atoms. The highest BCUT2D eigenvalue weighted by Crippen LogP contribution is 2.26. The fraction of sp³-hybridized carbons (Fsp3) is 0.286. The maximum Gasteiger partial charge on any atom is 0.281 e. The van der Waals surface area contributed by atoms with Gasteiger partial charge in [0, 0.05) is 8.90 Å². The van der Waals surface area contributed by atoms with Crippen LogP contribution in [0.4, 0.5) is 8.78 Å². The fourth-order valence-electron chi connectivity index (χ4n) is 0.764. The molecule has 6 heteroatoms. The molecule has 0 saturated carbocycles. The third kappa shape index (κ3) is 2.95. The average Bonchev–Trinajstić information content (AvgIpc) is 2.07. The number of aromatic nitrogens is 1. The van der Waals surface area contributed by atoms with Gasteiger partial charge in [-0.05, 0) is 56.8 Å². The zero-order chi connectivity index (χ0) is 10.0. The Bertz CT molecular complexity index is 320. The van der Waals surface area contributed by atoms with Gasteiger partial charge in [-0.25, -0.2) is 13.8 Å². The van der Waals surface area contributed by atoms with Crippen molar-refractivity contribution in [1.29, 1.82) is 0 Å². The largest absolute Gasteiger partial charge is 0.281 e. The quantitative estimate of drug-likeness (QED) is 0.358. The van der Waals surface area contributed by atoms with Gasteiger partial charge >= 0.3 is 0 Å². The molecule has 72 valence electrons. The highest BCUT2D eigenvalue weighted by molar-refractivity contribution is 14.1. The van der Waals surface area contributed by atoms with E-state index in [-0.39, 0.29) is 5.69 Å². The topological polar surface area (TPSA) is 12.9 Å². The van der Waals surface area contributed by atoms with Gasteiger partial charge < -0.3 is 0 Å². The van der Waals surface area contributed by atoms with Crippen molar-refractivity contribution >= 4 is 61.1 Å². The predicted molar refractivity (Wildman–Crippen MR) is 67.3 cm³/mol. The van der Waals surface area contributed by atoms with E-state index in [0.717, 1.165) is 5.56 Å². The molecule has 0 unspecified atom stereocenters. The Morgan fingerprint density at radius 3 is 2.54 bits per heavy atom. The molecule has 0 fully saturated rings. The smallest absolute Gasteiger partial charge is 0.239 e. The van der Waals surface area contributed by atoms with Crippen LogP contribution in [-0.4, -0.2) is 4.98 Å². The third-order valence-electron chi connectivity index (χ3n) is 1.38. The van der Waals surface area contributed by atoms with Crippen molar-refractivity contribution in [3.05, 3.63) is 24.6 Å². The van der Waals surface area contributed by atoms with E-state index in [1.54, 1.807) is 6.07 Å². The Kier molecular flexibility index (Phi) is 4.76. The van der Waals surface area contributed by atoms with Gasteiger partial charge in [-0.3, -0.25) is 0 Å². The van der Waals surface area contributed by atoms with E-state index in [2.05, 4.69) is 20.9 Å². The van der Waals surface area contributed by atoms with Crippen molar-refractivity contribution < 1.29 is 8.78 Å². The summed E-state index contributed by atoms with van der Waals surface area (Å²) in [5.41, 5.74) is 0.809. The van der Waals surface area contributed by atoms with Gasteiger partial charge in [-0.1, -0.05) is 15.9 Å². The van der Waals surface area contributed by atoms with Crippen LogP contribution >= 0.6 is 61.1 Å². The van der Waals surface area contributed by atoms with Gasteiger partial charge in [0.1, 0.15) is 9.39 Å². The Morgan fingerprint density at radius 2 is 2.08 bits per heavy atom. The highest BCUT2D eigenvalue weighted by atomic mass is 127. The second kappa shape index (κ2) is 5.15. The van der Waals surface area contributed by atoms with E-state index in [1.807, 2.05) is 45.2 Å². The number of hydrogen-bond donors (Lipinski definition) is 0. The molecule has 0 aliphatic carbocycles. The minimum atomic E-state index is -2.50. The molecular weight excluding hydrogens is 470 g/mol. The Morgan fingerprint density at radius 1 is 1.46 bits per heavy atom. The SMILES string of the molecule is FC(F)c1nc(I)c(CBr)cc1I. The number of nitrogens with zero attached hydrogens (tertiary/aromatic N) is 1. The summed E-state index contributed by atoms with van der Waals surface area (Å²) in [7, 11) is 0. The summed E-state index contributed by atoms with van der Waals surface area (Å²) in [5, 5.41) is 0.637. The molecule has 0 N–H and O–H groups in total. The lowest BCUT2D eigenvalue weighted by molar-refractivity contribution is 0.144. The van der Waals surface area contributed by atoms with Crippen molar-refractivity contribution in [2.45, 2.75) is 11.8 Å². The van der Waals surface area contributed by atoms with Gasteiger partial charge in [-0.2, -0.15) is 0 Å². The van der Waals surface area contributed by atoms with Crippen molar-refractivity contribution in [3.63, 3.8) is 0 Å². The number of pyridine rings is 1. The van der Waals surface area contributed by atoms with Crippen LogP contribution in [0.1, 0.15) is 17.7 Å². The van der Waals surface area contributed by atoms with Crippen LogP contribution in [-0.2, 0) is 5.33 Å². The summed E-state index contributed by atoms with van der Waals surface area (Å²) in [4.78, 5) is 3.84. The molecule has 1 aromatic heterocycles. The number of rotatable bonds is 2. The first-order chi connectivity index (χ1) is 6.06. The third-order valence-corrected chi connectivity index (χ3v) is 3.78. The highest BCUT2D eigenvalue weighted by Gasteiger charge is 2.15. The van der Waals surface area contributed by atoms with E-state index in [0.29, 0.717) is 12.6 Å². The summed E-state index contributed by atoms with van der Waals surface area (Å²) in [5.74, 6) is 0. The summed E-state index contributed by atoms with van der Waals surface area (Å²) < 4.78 is 25.9. The molecule has 0 saturated heterocycles. The van der Waals surface area contributed by atoms with E-state index in [4.69, 9.17) is 0 Å². The average molecular weight is 474 g/mol. The standard InChI is InChI=1S/C7H4BrF2I2N/c8-2-3-1-4(11)5(6(9)10)13-7(3)12/h1,6H,2H2. The second-order valence-electron chi connectivity index (χ2n) is 2.24. The normalized spacial score (nSPS) is 10.9. The van der Waals surface area contributed by atoms with E-state index in [9.17, 15) is 8.78 Å². The van der Waals surface area contributed by atoms with Crippen LogP contribution in [0.25, 0.3) is 0 Å². The lowest BCUT2D eigenvalue weighted by atomic mass is 10.3. The summed E-state index contributed by atoms with van der Waals surface area (Å²) in [6.07, 6.45) is -2.50. The zero-order valence-corrected chi connectivity index (χ0v) is 12.1. The maximum absolute atomic E-state index is 12.4. The molecule has 0 aliphatic rings. The Labute approximate surface area is 110 Å². The second-order valence-corrected chi connectivity index (χ2v) is 4.98. The van der Waals surface area contributed by atoms with Gasteiger partial charge in [0.15, 0.2) is 0 Å². The number of halogens is 5. The zero-order valence-electron chi connectivity index (χ0n) is 6.20. The molecule has 0 aliphatic heterocycles. The molecule has 0 radical (unpaired) electrons. The monoisotopic (exact) mass is 473 g/mol. The van der Waals surface area contributed by atoms with Crippen molar-refractivity contribution in [2.24, 2.45) is 0 Å².